The Balaban J connectivity index is 1.47. The molecule has 0 aromatic carbocycles. The zero-order chi connectivity index (χ0) is 11.0. The molecule has 1 unspecified atom stereocenters. The van der Waals surface area contributed by atoms with Gasteiger partial charge in [-0.25, -0.2) is 4.98 Å². The number of aromatic nitrogens is 2. The molecule has 3 rings (SSSR count). The Labute approximate surface area is 95.7 Å². The van der Waals surface area contributed by atoms with E-state index in [1.54, 1.807) is 0 Å². The molecular weight excluding hydrogens is 202 g/mol. The summed E-state index contributed by atoms with van der Waals surface area (Å²) in [5, 5.41) is 13.0. The highest BCUT2D eigenvalue weighted by molar-refractivity contribution is 5.03. The van der Waals surface area contributed by atoms with Crippen LogP contribution < -0.4 is 5.32 Å². The van der Waals surface area contributed by atoms with E-state index >= 15 is 0 Å². The number of nitrogens with zero attached hydrogens (tertiary/aromatic N) is 2. The van der Waals surface area contributed by atoms with Gasteiger partial charge in [0.15, 0.2) is 0 Å². The molecule has 2 saturated carbocycles. The molecule has 2 aliphatic carbocycles. The van der Waals surface area contributed by atoms with Crippen LogP contribution in [0.15, 0.2) is 12.5 Å². The SMILES string of the molecule is OC(CNCc1cncn1C1CC1)C1CC1. The summed E-state index contributed by atoms with van der Waals surface area (Å²) in [6.07, 6.45) is 8.66. The Morgan fingerprint density at radius 3 is 2.94 bits per heavy atom. The van der Waals surface area contributed by atoms with Crippen LogP contribution in [0.3, 0.4) is 0 Å². The van der Waals surface area contributed by atoms with Gasteiger partial charge in [-0.15, -0.1) is 0 Å². The van der Waals surface area contributed by atoms with Gasteiger partial charge in [0.2, 0.25) is 0 Å². The van der Waals surface area contributed by atoms with Crippen molar-refractivity contribution in [2.24, 2.45) is 5.92 Å². The number of hydrogen-bond donors (Lipinski definition) is 2. The molecule has 4 heteroatoms. The van der Waals surface area contributed by atoms with Gasteiger partial charge in [0.1, 0.15) is 0 Å². The molecule has 4 nitrogen and oxygen atoms in total. The van der Waals surface area contributed by atoms with Gasteiger partial charge >= 0.3 is 0 Å². The summed E-state index contributed by atoms with van der Waals surface area (Å²) in [6.45, 7) is 1.53. The van der Waals surface area contributed by atoms with Crippen molar-refractivity contribution < 1.29 is 5.11 Å². The smallest absolute Gasteiger partial charge is 0.0951 e. The van der Waals surface area contributed by atoms with E-state index in [4.69, 9.17) is 0 Å². The maximum atomic E-state index is 9.72. The summed E-state index contributed by atoms with van der Waals surface area (Å²) in [5.74, 6) is 0.556. The summed E-state index contributed by atoms with van der Waals surface area (Å²) in [4.78, 5) is 4.19. The molecule has 0 amide bonds. The van der Waals surface area contributed by atoms with Crippen molar-refractivity contribution in [1.29, 1.82) is 0 Å². The molecule has 1 aromatic rings. The quantitative estimate of drug-likeness (QED) is 0.755. The lowest BCUT2D eigenvalue weighted by molar-refractivity contribution is 0.148. The molecule has 1 atom stereocenters. The van der Waals surface area contributed by atoms with Gasteiger partial charge in [-0.2, -0.15) is 0 Å². The maximum Gasteiger partial charge on any atom is 0.0951 e. The number of aliphatic hydroxyl groups is 1. The Bertz CT molecular complexity index is 355. The van der Waals surface area contributed by atoms with E-state index in [9.17, 15) is 5.11 Å². The standard InChI is InChI=1S/C12H19N3O/c16-12(9-1-2-9)7-13-5-11-6-14-8-15(11)10-3-4-10/h6,8-10,12-13,16H,1-5,7H2. The van der Waals surface area contributed by atoms with Crippen LogP contribution in [-0.4, -0.2) is 27.3 Å². The Hall–Kier alpha value is -0.870. The van der Waals surface area contributed by atoms with E-state index in [1.807, 2.05) is 12.5 Å². The van der Waals surface area contributed by atoms with Gasteiger partial charge in [-0.1, -0.05) is 0 Å². The lowest BCUT2D eigenvalue weighted by Crippen LogP contribution is -2.28. The van der Waals surface area contributed by atoms with Crippen LogP contribution in [0.25, 0.3) is 0 Å². The zero-order valence-electron chi connectivity index (χ0n) is 9.47. The van der Waals surface area contributed by atoms with E-state index in [2.05, 4.69) is 14.9 Å². The van der Waals surface area contributed by atoms with E-state index in [0.717, 1.165) is 6.54 Å². The van der Waals surface area contributed by atoms with Crippen molar-refractivity contribution in [2.45, 2.75) is 44.4 Å². The van der Waals surface area contributed by atoms with E-state index in [-0.39, 0.29) is 6.10 Å². The fraction of sp³-hybridized carbons (Fsp3) is 0.750. The van der Waals surface area contributed by atoms with Gasteiger partial charge in [0, 0.05) is 25.3 Å². The number of rotatable bonds is 6. The van der Waals surface area contributed by atoms with Crippen LogP contribution in [0.4, 0.5) is 0 Å². The summed E-state index contributed by atoms with van der Waals surface area (Å²) in [7, 11) is 0. The van der Waals surface area contributed by atoms with Gasteiger partial charge in [0.25, 0.3) is 0 Å². The molecule has 16 heavy (non-hydrogen) atoms. The molecule has 2 aliphatic rings. The molecule has 1 aromatic heterocycles. The molecule has 0 saturated heterocycles. The summed E-state index contributed by atoms with van der Waals surface area (Å²) < 4.78 is 2.26. The van der Waals surface area contributed by atoms with Crippen LogP contribution in [0, 0.1) is 5.92 Å². The number of nitrogens with one attached hydrogen (secondary N) is 1. The monoisotopic (exact) mass is 221 g/mol. The first kappa shape index (κ1) is 10.3. The Morgan fingerprint density at radius 1 is 1.44 bits per heavy atom. The van der Waals surface area contributed by atoms with Crippen molar-refractivity contribution in [3.05, 3.63) is 18.2 Å². The molecular formula is C12H19N3O. The lowest BCUT2D eigenvalue weighted by atomic mass is 10.2. The highest BCUT2D eigenvalue weighted by Gasteiger charge is 2.29. The third-order valence-corrected chi connectivity index (χ3v) is 3.51. The maximum absolute atomic E-state index is 9.72. The topological polar surface area (TPSA) is 50.1 Å². The lowest BCUT2D eigenvalue weighted by Gasteiger charge is -2.11. The number of imidazole rings is 1. The van der Waals surface area contributed by atoms with E-state index < -0.39 is 0 Å². The van der Waals surface area contributed by atoms with Crippen molar-refractivity contribution >= 4 is 0 Å². The van der Waals surface area contributed by atoms with Crippen molar-refractivity contribution in [1.82, 2.24) is 14.9 Å². The van der Waals surface area contributed by atoms with E-state index in [0.29, 0.717) is 18.5 Å². The molecule has 0 spiro atoms. The largest absolute Gasteiger partial charge is 0.392 e. The van der Waals surface area contributed by atoms with Crippen LogP contribution in [-0.2, 0) is 6.54 Å². The highest BCUT2D eigenvalue weighted by Crippen LogP contribution is 2.35. The second-order valence-corrected chi connectivity index (χ2v) is 5.06. The average molecular weight is 221 g/mol. The first-order chi connectivity index (χ1) is 7.84. The predicted molar refractivity (Wildman–Crippen MR) is 60.9 cm³/mol. The Kier molecular flexibility index (Phi) is 2.69. The zero-order valence-corrected chi connectivity index (χ0v) is 9.47. The summed E-state index contributed by atoms with van der Waals surface area (Å²) >= 11 is 0. The fourth-order valence-corrected chi connectivity index (χ4v) is 2.15. The third kappa shape index (κ3) is 2.28. The van der Waals surface area contributed by atoms with Crippen molar-refractivity contribution in [2.75, 3.05) is 6.54 Å². The summed E-state index contributed by atoms with van der Waals surface area (Å²) in [5.41, 5.74) is 1.24. The molecule has 1 heterocycles. The first-order valence-electron chi connectivity index (χ1n) is 6.24. The Morgan fingerprint density at radius 2 is 2.25 bits per heavy atom. The van der Waals surface area contributed by atoms with Crippen LogP contribution in [0.2, 0.25) is 0 Å². The van der Waals surface area contributed by atoms with Crippen LogP contribution >= 0.6 is 0 Å². The third-order valence-electron chi connectivity index (χ3n) is 3.51. The first-order valence-corrected chi connectivity index (χ1v) is 6.24. The van der Waals surface area contributed by atoms with Gasteiger partial charge in [0.05, 0.1) is 18.1 Å². The van der Waals surface area contributed by atoms with Crippen LogP contribution in [0.1, 0.15) is 37.4 Å². The van der Waals surface area contributed by atoms with Gasteiger partial charge < -0.3 is 15.0 Å². The number of aliphatic hydroxyl groups excluding tert-OH is 1. The minimum atomic E-state index is -0.155. The van der Waals surface area contributed by atoms with E-state index in [1.165, 1.54) is 31.4 Å². The minimum Gasteiger partial charge on any atom is -0.392 e. The van der Waals surface area contributed by atoms with Gasteiger partial charge in [-0.05, 0) is 31.6 Å². The highest BCUT2D eigenvalue weighted by atomic mass is 16.3. The number of hydrogen-bond acceptors (Lipinski definition) is 3. The second-order valence-electron chi connectivity index (χ2n) is 5.06. The van der Waals surface area contributed by atoms with Crippen molar-refractivity contribution in [3.8, 4) is 0 Å². The normalized spacial score (nSPS) is 22.3. The molecule has 0 bridgehead atoms. The molecule has 2 fully saturated rings. The molecule has 2 N–H and O–H groups in total. The fourth-order valence-electron chi connectivity index (χ4n) is 2.15. The average Bonchev–Trinajstić information content (AvgIpc) is 3.18. The predicted octanol–water partition coefficient (Wildman–Crippen LogP) is 1.08. The minimum absolute atomic E-state index is 0.155. The van der Waals surface area contributed by atoms with Crippen LogP contribution in [0.5, 0.6) is 0 Å². The van der Waals surface area contributed by atoms with Gasteiger partial charge in [-0.3, -0.25) is 0 Å². The molecule has 0 aliphatic heterocycles. The second kappa shape index (κ2) is 4.18. The van der Waals surface area contributed by atoms with Crippen molar-refractivity contribution in [3.63, 3.8) is 0 Å². The molecule has 88 valence electrons. The summed E-state index contributed by atoms with van der Waals surface area (Å²) in [6, 6.07) is 0.688. The molecule has 0 radical (unpaired) electrons.